The molecule has 172 valence electrons. The summed E-state index contributed by atoms with van der Waals surface area (Å²) in [5.74, 6) is -4.07. The first-order chi connectivity index (χ1) is 16.1. The average molecular weight is 464 g/mol. The fourth-order valence-electron chi connectivity index (χ4n) is 3.84. The highest BCUT2D eigenvalue weighted by Gasteiger charge is 2.31. The second-order valence-electron chi connectivity index (χ2n) is 7.57. The van der Waals surface area contributed by atoms with Crippen LogP contribution in [0, 0.1) is 0 Å². The first-order valence-electron chi connectivity index (χ1n) is 9.72. The second kappa shape index (κ2) is 7.20. The van der Waals surface area contributed by atoms with Crippen molar-refractivity contribution in [2.24, 2.45) is 0 Å². The molecule has 1 aliphatic rings. The average Bonchev–Trinajstić information content (AvgIpc) is 2.72. The van der Waals surface area contributed by atoms with Crippen molar-refractivity contribution < 1.29 is 50.3 Å². The fourth-order valence-corrected chi connectivity index (χ4v) is 3.84. The van der Waals surface area contributed by atoms with E-state index >= 15 is 0 Å². The third kappa shape index (κ3) is 3.21. The smallest absolute Gasteiger partial charge is 0.212 e. The van der Waals surface area contributed by atoms with Gasteiger partial charge in [0, 0.05) is 24.3 Å². The molecule has 5 rings (SSSR count). The molecule has 8 N–H and O–H groups in total. The molecule has 0 unspecified atom stereocenters. The van der Waals surface area contributed by atoms with E-state index in [4.69, 9.17) is 9.47 Å². The van der Waals surface area contributed by atoms with Gasteiger partial charge >= 0.3 is 0 Å². The lowest BCUT2D eigenvalue weighted by molar-refractivity contribution is 0.320. The van der Waals surface area contributed by atoms with E-state index in [1.807, 2.05) is 0 Å². The van der Waals surface area contributed by atoms with Gasteiger partial charge in [0.1, 0.15) is 34.5 Å². The summed E-state index contributed by atoms with van der Waals surface area (Å²) in [5, 5.41) is 81.1. The minimum atomic E-state index is -0.508. The van der Waals surface area contributed by atoms with E-state index in [1.54, 1.807) is 0 Å². The van der Waals surface area contributed by atoms with E-state index in [0.29, 0.717) is 0 Å². The Kier molecular flexibility index (Phi) is 4.40. The molecule has 0 aromatic heterocycles. The van der Waals surface area contributed by atoms with Crippen LogP contribution < -0.4 is 9.47 Å². The maximum absolute atomic E-state index is 10.6. The summed E-state index contributed by atoms with van der Waals surface area (Å²) < 4.78 is 11.5. The van der Waals surface area contributed by atoms with Crippen molar-refractivity contribution in [3.05, 3.63) is 48.5 Å². The zero-order valence-corrected chi connectivity index (χ0v) is 17.0. The molecule has 0 fully saturated rings. The maximum atomic E-state index is 10.6. The van der Waals surface area contributed by atoms with Gasteiger partial charge in [0.25, 0.3) is 0 Å². The molecular formula is C24H16O10. The summed E-state index contributed by atoms with van der Waals surface area (Å²) in [5.41, 5.74) is 0.0983. The lowest BCUT2D eigenvalue weighted by Gasteiger charge is -2.25. The van der Waals surface area contributed by atoms with Crippen LogP contribution in [0.2, 0.25) is 0 Å². The number of hydrogen-bond acceptors (Lipinski definition) is 10. The van der Waals surface area contributed by atoms with Gasteiger partial charge in [0.05, 0.1) is 11.1 Å². The van der Waals surface area contributed by atoms with Gasteiger partial charge < -0.3 is 50.3 Å². The van der Waals surface area contributed by atoms with Gasteiger partial charge in [-0.05, 0) is 35.4 Å². The molecule has 0 saturated carbocycles. The van der Waals surface area contributed by atoms with Crippen molar-refractivity contribution in [2.45, 2.75) is 0 Å². The van der Waals surface area contributed by atoms with Crippen LogP contribution in [0.25, 0.3) is 22.3 Å². The van der Waals surface area contributed by atoms with Crippen LogP contribution in [0.1, 0.15) is 0 Å². The van der Waals surface area contributed by atoms with Crippen molar-refractivity contribution in [2.75, 3.05) is 0 Å². The predicted molar refractivity (Wildman–Crippen MR) is 117 cm³/mol. The Labute approximate surface area is 190 Å². The molecule has 0 radical (unpaired) electrons. The Morgan fingerprint density at radius 1 is 0.382 bits per heavy atom. The third-order valence-corrected chi connectivity index (χ3v) is 5.21. The topological polar surface area (TPSA) is 180 Å². The monoisotopic (exact) mass is 464 g/mol. The molecule has 10 heteroatoms. The Morgan fingerprint density at radius 3 is 1.56 bits per heavy atom. The predicted octanol–water partition coefficient (Wildman–Crippen LogP) is 4.56. The van der Waals surface area contributed by atoms with Gasteiger partial charge in [-0.2, -0.15) is 0 Å². The van der Waals surface area contributed by atoms with Crippen LogP contribution >= 0.6 is 0 Å². The zero-order valence-electron chi connectivity index (χ0n) is 17.0. The van der Waals surface area contributed by atoms with Gasteiger partial charge in [0.15, 0.2) is 23.0 Å². The van der Waals surface area contributed by atoms with E-state index in [-0.39, 0.29) is 62.5 Å². The summed E-state index contributed by atoms with van der Waals surface area (Å²) >= 11 is 0. The largest absolute Gasteiger partial charge is 0.508 e. The molecule has 0 bridgehead atoms. The van der Waals surface area contributed by atoms with E-state index in [9.17, 15) is 40.9 Å². The number of ether oxygens (including phenoxy) is 2. The Bertz CT molecular complexity index is 1450. The highest BCUT2D eigenvalue weighted by molar-refractivity contribution is 5.86. The van der Waals surface area contributed by atoms with Gasteiger partial charge in [-0.25, -0.2) is 0 Å². The highest BCUT2D eigenvalue weighted by atomic mass is 16.6. The normalized spacial score (nSPS) is 11.8. The fraction of sp³-hybridized carbons (Fsp3) is 0. The summed E-state index contributed by atoms with van der Waals surface area (Å²) in [4.78, 5) is 0. The lowest BCUT2D eigenvalue weighted by Crippen LogP contribution is -2.02. The Morgan fingerprint density at radius 2 is 0.912 bits per heavy atom. The maximum Gasteiger partial charge on any atom is 0.212 e. The minimum Gasteiger partial charge on any atom is -0.508 e. The van der Waals surface area contributed by atoms with Crippen LogP contribution in [0.4, 0.5) is 0 Å². The molecule has 1 aliphatic heterocycles. The van der Waals surface area contributed by atoms with Crippen LogP contribution in [-0.4, -0.2) is 40.9 Å². The first kappa shape index (κ1) is 20.8. The molecule has 0 spiro atoms. The summed E-state index contributed by atoms with van der Waals surface area (Å²) in [6.07, 6.45) is 0. The van der Waals surface area contributed by atoms with Crippen LogP contribution in [0.5, 0.6) is 69.0 Å². The lowest BCUT2D eigenvalue weighted by atomic mass is 9.99. The molecule has 4 aromatic rings. The van der Waals surface area contributed by atoms with Crippen molar-refractivity contribution in [3.8, 4) is 91.2 Å². The second-order valence-corrected chi connectivity index (χ2v) is 7.57. The number of fused-ring (bicyclic) bond motifs is 2. The standard InChI is InChI=1S/C24H16O10/c25-11-1-9(2-12(26)5-11)21-16(30)8-18(32)23-24(21)34-22-17(31)3-10(4-19(22)33-23)20-14(28)6-13(27)7-15(20)29/h1-8,25-32H. The van der Waals surface area contributed by atoms with Gasteiger partial charge in [-0.3, -0.25) is 0 Å². The van der Waals surface area contributed by atoms with Crippen molar-refractivity contribution in [1.82, 2.24) is 0 Å². The summed E-state index contributed by atoms with van der Waals surface area (Å²) in [6.45, 7) is 0. The molecule has 0 atom stereocenters. The number of rotatable bonds is 2. The van der Waals surface area contributed by atoms with E-state index in [2.05, 4.69) is 0 Å². The molecule has 34 heavy (non-hydrogen) atoms. The molecule has 0 amide bonds. The third-order valence-electron chi connectivity index (χ3n) is 5.21. The molecule has 0 saturated heterocycles. The zero-order chi connectivity index (χ0) is 24.3. The quantitative estimate of drug-likeness (QED) is 0.184. The van der Waals surface area contributed by atoms with Crippen LogP contribution in [0.15, 0.2) is 48.5 Å². The molecule has 0 aliphatic carbocycles. The van der Waals surface area contributed by atoms with Crippen molar-refractivity contribution in [1.29, 1.82) is 0 Å². The first-order valence-corrected chi connectivity index (χ1v) is 9.72. The van der Waals surface area contributed by atoms with Gasteiger partial charge in [-0.15, -0.1) is 0 Å². The number of benzene rings is 4. The van der Waals surface area contributed by atoms with Crippen molar-refractivity contribution >= 4 is 0 Å². The number of phenolic OH excluding ortho intramolecular Hbond substituents is 8. The summed E-state index contributed by atoms with van der Waals surface area (Å²) in [6, 6.07) is 9.03. The number of phenols is 8. The molecular weight excluding hydrogens is 448 g/mol. The van der Waals surface area contributed by atoms with E-state index < -0.39 is 28.7 Å². The van der Waals surface area contributed by atoms with Gasteiger partial charge in [-0.1, -0.05) is 0 Å². The molecule has 10 nitrogen and oxygen atoms in total. The SMILES string of the molecule is Oc1cc(O)cc(-c2c(O)cc(O)c3c2Oc2c(O)cc(-c4c(O)cc(O)cc4O)cc2O3)c1. The minimum absolute atomic E-state index is 0.0399. The Balaban J connectivity index is 1.68. The number of hydrogen-bond donors (Lipinski definition) is 8. The summed E-state index contributed by atoms with van der Waals surface area (Å²) in [7, 11) is 0. The van der Waals surface area contributed by atoms with E-state index in [1.165, 1.54) is 24.3 Å². The molecule has 1 heterocycles. The van der Waals surface area contributed by atoms with Crippen LogP contribution in [0.3, 0.4) is 0 Å². The number of aromatic hydroxyl groups is 8. The van der Waals surface area contributed by atoms with Crippen molar-refractivity contribution in [3.63, 3.8) is 0 Å². The highest BCUT2D eigenvalue weighted by Crippen LogP contribution is 2.59. The van der Waals surface area contributed by atoms with Gasteiger partial charge in [0.2, 0.25) is 11.5 Å². The van der Waals surface area contributed by atoms with Crippen LogP contribution in [-0.2, 0) is 0 Å². The molecule has 4 aromatic carbocycles. The van der Waals surface area contributed by atoms with E-state index in [0.717, 1.165) is 24.3 Å². The Hall–Kier alpha value is -5.12.